The van der Waals surface area contributed by atoms with Gasteiger partial charge < -0.3 is 9.67 Å². The van der Waals surface area contributed by atoms with Gasteiger partial charge in [-0.05, 0) is 43.7 Å². The summed E-state index contributed by atoms with van der Waals surface area (Å²) in [7, 11) is 1.83. The van der Waals surface area contributed by atoms with Gasteiger partial charge in [0, 0.05) is 12.6 Å². The quantitative estimate of drug-likeness (QED) is 0.685. The molecule has 1 aromatic carbocycles. The highest BCUT2D eigenvalue weighted by atomic mass is 19.1. The lowest BCUT2D eigenvalue weighted by Crippen LogP contribution is -2.29. The number of hydrogen-bond donors (Lipinski definition) is 1. The van der Waals surface area contributed by atoms with Crippen molar-refractivity contribution in [2.24, 2.45) is 7.05 Å². The van der Waals surface area contributed by atoms with E-state index in [0.29, 0.717) is 41.2 Å². The van der Waals surface area contributed by atoms with E-state index in [1.54, 1.807) is 22.9 Å². The van der Waals surface area contributed by atoms with Crippen molar-refractivity contribution in [3.63, 3.8) is 0 Å². The molecule has 132 valence electrons. The normalized spacial score (nSPS) is 16.3. The zero-order valence-corrected chi connectivity index (χ0v) is 14.5. The number of aromatic nitrogens is 4. The van der Waals surface area contributed by atoms with Crippen molar-refractivity contribution < 1.29 is 9.50 Å². The molecule has 1 aliphatic carbocycles. The molecule has 0 saturated heterocycles. The van der Waals surface area contributed by atoms with Gasteiger partial charge >= 0.3 is 0 Å². The maximum atomic E-state index is 13.5. The van der Waals surface area contributed by atoms with Gasteiger partial charge in [-0.25, -0.2) is 19.3 Å². The van der Waals surface area contributed by atoms with Crippen LogP contribution < -0.4 is 0 Å². The highest BCUT2D eigenvalue weighted by Crippen LogP contribution is 2.27. The highest BCUT2D eigenvalue weighted by Gasteiger charge is 2.26. The Morgan fingerprint density at radius 1 is 1.19 bits per heavy atom. The predicted molar refractivity (Wildman–Crippen MR) is 96.6 cm³/mol. The Hall–Kier alpha value is -2.78. The SMILES string of the molecule is Cn1c(-c2cccc(F)c2)nc2cnc(C#CC3(O)CCCCC3)nc21. The molecular formula is C20H19FN4O. The van der Waals surface area contributed by atoms with Crippen molar-refractivity contribution in [2.45, 2.75) is 37.7 Å². The van der Waals surface area contributed by atoms with Gasteiger partial charge in [-0.2, -0.15) is 0 Å². The van der Waals surface area contributed by atoms with Crippen LogP contribution in [0.4, 0.5) is 4.39 Å². The zero-order valence-electron chi connectivity index (χ0n) is 14.5. The second-order valence-electron chi connectivity index (χ2n) is 6.75. The molecule has 0 aliphatic heterocycles. The topological polar surface area (TPSA) is 63.8 Å². The molecule has 1 N–H and O–H groups in total. The molecule has 4 rings (SSSR count). The van der Waals surface area contributed by atoms with Crippen LogP contribution in [0.3, 0.4) is 0 Å². The largest absolute Gasteiger partial charge is 0.378 e. The Morgan fingerprint density at radius 2 is 2.00 bits per heavy atom. The second-order valence-corrected chi connectivity index (χ2v) is 6.75. The molecule has 2 aromatic heterocycles. The average molecular weight is 350 g/mol. The minimum Gasteiger partial charge on any atom is -0.378 e. The number of nitrogens with zero attached hydrogens (tertiary/aromatic N) is 4. The smallest absolute Gasteiger partial charge is 0.207 e. The Kier molecular flexibility index (Phi) is 4.17. The fourth-order valence-corrected chi connectivity index (χ4v) is 3.36. The summed E-state index contributed by atoms with van der Waals surface area (Å²) >= 11 is 0. The number of aliphatic hydroxyl groups is 1. The van der Waals surface area contributed by atoms with Crippen LogP contribution in [0, 0.1) is 17.7 Å². The summed E-state index contributed by atoms with van der Waals surface area (Å²) in [6, 6.07) is 6.29. The number of imidazole rings is 1. The summed E-state index contributed by atoms with van der Waals surface area (Å²) in [5.41, 5.74) is 0.984. The Labute approximate surface area is 150 Å². The summed E-state index contributed by atoms with van der Waals surface area (Å²) in [6.07, 6.45) is 6.12. The third-order valence-corrected chi connectivity index (χ3v) is 4.78. The molecule has 0 bridgehead atoms. The molecule has 0 unspecified atom stereocenters. The zero-order chi connectivity index (χ0) is 18.1. The van der Waals surface area contributed by atoms with Gasteiger partial charge in [0.15, 0.2) is 5.65 Å². The predicted octanol–water partition coefficient (Wildman–Crippen LogP) is 3.22. The fourth-order valence-electron chi connectivity index (χ4n) is 3.36. The van der Waals surface area contributed by atoms with E-state index in [0.717, 1.165) is 19.3 Å². The molecule has 0 amide bonds. The highest BCUT2D eigenvalue weighted by molar-refractivity contribution is 5.76. The van der Waals surface area contributed by atoms with Crippen LogP contribution in [0.15, 0.2) is 30.5 Å². The third kappa shape index (κ3) is 3.18. The Balaban J connectivity index is 1.71. The molecule has 1 aliphatic rings. The van der Waals surface area contributed by atoms with Gasteiger partial charge in [0.2, 0.25) is 5.82 Å². The first-order valence-electron chi connectivity index (χ1n) is 8.75. The minimum atomic E-state index is -0.935. The van der Waals surface area contributed by atoms with Crippen LogP contribution in [0.2, 0.25) is 0 Å². The van der Waals surface area contributed by atoms with E-state index in [4.69, 9.17) is 0 Å². The molecule has 2 heterocycles. The first kappa shape index (κ1) is 16.7. The minimum absolute atomic E-state index is 0.312. The molecule has 6 heteroatoms. The molecule has 0 spiro atoms. The van der Waals surface area contributed by atoms with Crippen LogP contribution in [0.25, 0.3) is 22.6 Å². The lowest BCUT2D eigenvalue weighted by Gasteiger charge is -2.26. The molecular weight excluding hydrogens is 331 g/mol. The van der Waals surface area contributed by atoms with Crippen molar-refractivity contribution in [1.82, 2.24) is 19.5 Å². The molecule has 26 heavy (non-hydrogen) atoms. The fraction of sp³-hybridized carbons (Fsp3) is 0.350. The Morgan fingerprint density at radius 3 is 2.77 bits per heavy atom. The van der Waals surface area contributed by atoms with E-state index < -0.39 is 5.60 Å². The molecule has 1 saturated carbocycles. The standard InChI is InChI=1S/C20H19FN4O/c1-25-18(14-6-5-7-15(21)12-14)23-16-13-22-17(24-19(16)25)8-11-20(26)9-3-2-4-10-20/h5-7,12-13,26H,2-4,9-10H2,1H3. The van der Waals surface area contributed by atoms with Gasteiger partial charge in [0.05, 0.1) is 6.20 Å². The van der Waals surface area contributed by atoms with Crippen molar-refractivity contribution >= 4 is 11.2 Å². The van der Waals surface area contributed by atoms with Crippen LogP contribution in [-0.2, 0) is 7.05 Å². The molecule has 5 nitrogen and oxygen atoms in total. The number of aryl methyl sites for hydroxylation is 1. The summed E-state index contributed by atoms with van der Waals surface area (Å²) in [5.74, 6) is 6.51. The monoisotopic (exact) mass is 350 g/mol. The van der Waals surface area contributed by atoms with E-state index >= 15 is 0 Å². The van der Waals surface area contributed by atoms with E-state index in [1.165, 1.54) is 12.1 Å². The van der Waals surface area contributed by atoms with E-state index in [-0.39, 0.29) is 5.82 Å². The maximum absolute atomic E-state index is 13.5. The first-order valence-corrected chi connectivity index (χ1v) is 8.75. The third-order valence-electron chi connectivity index (χ3n) is 4.78. The van der Waals surface area contributed by atoms with Crippen molar-refractivity contribution in [3.8, 4) is 23.2 Å². The van der Waals surface area contributed by atoms with Gasteiger partial charge in [-0.1, -0.05) is 24.5 Å². The summed E-state index contributed by atoms with van der Waals surface area (Å²) < 4.78 is 15.3. The summed E-state index contributed by atoms with van der Waals surface area (Å²) in [4.78, 5) is 13.2. The van der Waals surface area contributed by atoms with Crippen molar-refractivity contribution in [1.29, 1.82) is 0 Å². The van der Waals surface area contributed by atoms with E-state index in [1.807, 2.05) is 7.05 Å². The lowest BCUT2D eigenvalue weighted by molar-refractivity contribution is 0.0610. The molecule has 1 fully saturated rings. The summed E-state index contributed by atoms with van der Waals surface area (Å²) in [5, 5.41) is 10.5. The lowest BCUT2D eigenvalue weighted by atomic mass is 9.85. The maximum Gasteiger partial charge on any atom is 0.207 e. The Bertz CT molecular complexity index is 1030. The molecule has 0 radical (unpaired) electrons. The number of halogens is 1. The number of rotatable bonds is 1. The molecule has 0 atom stereocenters. The van der Waals surface area contributed by atoms with E-state index in [2.05, 4.69) is 26.8 Å². The van der Waals surface area contributed by atoms with Crippen LogP contribution in [0.5, 0.6) is 0 Å². The van der Waals surface area contributed by atoms with Crippen LogP contribution in [0.1, 0.15) is 37.9 Å². The van der Waals surface area contributed by atoms with Gasteiger partial charge in [0.25, 0.3) is 0 Å². The van der Waals surface area contributed by atoms with E-state index in [9.17, 15) is 9.50 Å². The molecule has 3 aromatic rings. The number of fused-ring (bicyclic) bond motifs is 1. The number of benzene rings is 1. The second kappa shape index (κ2) is 6.50. The van der Waals surface area contributed by atoms with Crippen LogP contribution >= 0.6 is 0 Å². The summed E-state index contributed by atoms with van der Waals surface area (Å²) in [6.45, 7) is 0. The van der Waals surface area contributed by atoms with Gasteiger partial charge in [-0.15, -0.1) is 0 Å². The first-order chi connectivity index (χ1) is 12.5. The van der Waals surface area contributed by atoms with Gasteiger partial charge in [-0.3, -0.25) is 0 Å². The average Bonchev–Trinajstić information content (AvgIpc) is 2.97. The van der Waals surface area contributed by atoms with Crippen molar-refractivity contribution in [2.75, 3.05) is 0 Å². The van der Waals surface area contributed by atoms with Crippen LogP contribution in [-0.4, -0.2) is 30.2 Å². The van der Waals surface area contributed by atoms with Gasteiger partial charge in [0.1, 0.15) is 22.8 Å². The number of hydrogen-bond acceptors (Lipinski definition) is 4. The van der Waals surface area contributed by atoms with Crippen molar-refractivity contribution in [3.05, 3.63) is 42.1 Å².